The standard InChI is InChI=1S/C15H15Cl3O6/c1-7(16)22-13(19)10-5-4-6-11(14(20)23-8(2)17)12(10)15(21)24-9(3)18/h4-9H,1-3H3. The second kappa shape index (κ2) is 9.11. The third-order valence-electron chi connectivity index (χ3n) is 2.52. The van der Waals surface area contributed by atoms with Crippen molar-refractivity contribution < 1.29 is 28.6 Å². The van der Waals surface area contributed by atoms with E-state index in [0.29, 0.717) is 0 Å². The normalized spacial score (nSPS) is 14.2. The Morgan fingerprint density at radius 3 is 1.42 bits per heavy atom. The average molecular weight is 398 g/mol. The SMILES string of the molecule is CC(Cl)OC(=O)c1cccc(C(=O)OC(C)Cl)c1C(=O)OC(C)Cl. The zero-order chi connectivity index (χ0) is 18.4. The van der Waals surface area contributed by atoms with E-state index in [9.17, 15) is 14.4 Å². The van der Waals surface area contributed by atoms with Crippen LogP contribution >= 0.6 is 34.8 Å². The lowest BCUT2D eigenvalue weighted by Gasteiger charge is -2.15. The number of esters is 3. The van der Waals surface area contributed by atoms with Crippen molar-refractivity contribution in [2.75, 3.05) is 0 Å². The summed E-state index contributed by atoms with van der Waals surface area (Å²) < 4.78 is 14.6. The van der Waals surface area contributed by atoms with Crippen LogP contribution in [0.15, 0.2) is 18.2 Å². The fourth-order valence-electron chi connectivity index (χ4n) is 1.74. The molecular formula is C15H15Cl3O6. The first-order chi connectivity index (χ1) is 11.1. The summed E-state index contributed by atoms with van der Waals surface area (Å²) in [6.45, 7) is 4.25. The van der Waals surface area contributed by atoms with E-state index in [4.69, 9.17) is 49.0 Å². The first kappa shape index (κ1) is 20.5. The molecule has 0 aliphatic carbocycles. The van der Waals surface area contributed by atoms with Gasteiger partial charge < -0.3 is 14.2 Å². The highest BCUT2D eigenvalue weighted by molar-refractivity contribution is 6.22. The number of hydrogen-bond acceptors (Lipinski definition) is 6. The van der Waals surface area contributed by atoms with Crippen LogP contribution in [-0.4, -0.2) is 34.6 Å². The van der Waals surface area contributed by atoms with E-state index in [-0.39, 0.29) is 16.7 Å². The molecule has 6 nitrogen and oxygen atoms in total. The molecule has 0 bridgehead atoms. The molecule has 0 N–H and O–H groups in total. The topological polar surface area (TPSA) is 78.9 Å². The maximum Gasteiger partial charge on any atom is 0.341 e. The van der Waals surface area contributed by atoms with Crippen molar-refractivity contribution >= 4 is 52.7 Å². The fraction of sp³-hybridized carbons (Fsp3) is 0.400. The zero-order valence-corrected chi connectivity index (χ0v) is 15.3. The van der Waals surface area contributed by atoms with Crippen LogP contribution in [0.2, 0.25) is 0 Å². The predicted molar refractivity (Wildman–Crippen MR) is 88.6 cm³/mol. The smallest absolute Gasteiger partial charge is 0.341 e. The van der Waals surface area contributed by atoms with Crippen LogP contribution in [0.4, 0.5) is 0 Å². The fourth-order valence-corrected chi connectivity index (χ4v) is 1.98. The van der Waals surface area contributed by atoms with Gasteiger partial charge in [-0.05, 0) is 32.9 Å². The predicted octanol–water partition coefficient (Wildman–Crippen LogP) is 3.91. The van der Waals surface area contributed by atoms with Crippen molar-refractivity contribution in [3.05, 3.63) is 34.9 Å². The van der Waals surface area contributed by atoms with E-state index in [1.54, 1.807) is 0 Å². The van der Waals surface area contributed by atoms with Crippen molar-refractivity contribution in [3.8, 4) is 0 Å². The van der Waals surface area contributed by atoms with Gasteiger partial charge >= 0.3 is 17.9 Å². The quantitative estimate of drug-likeness (QED) is 0.411. The number of benzene rings is 1. The lowest BCUT2D eigenvalue weighted by molar-refractivity contribution is 0.0403. The highest BCUT2D eigenvalue weighted by Gasteiger charge is 2.28. The first-order valence-corrected chi connectivity index (χ1v) is 8.12. The van der Waals surface area contributed by atoms with Gasteiger partial charge in [-0.1, -0.05) is 40.9 Å². The van der Waals surface area contributed by atoms with Gasteiger partial charge in [-0.15, -0.1) is 0 Å². The maximum atomic E-state index is 12.3. The van der Waals surface area contributed by atoms with Crippen LogP contribution in [0.25, 0.3) is 0 Å². The van der Waals surface area contributed by atoms with Gasteiger partial charge in [0.25, 0.3) is 0 Å². The summed E-state index contributed by atoms with van der Waals surface area (Å²) in [7, 11) is 0. The van der Waals surface area contributed by atoms with Crippen LogP contribution in [0.3, 0.4) is 0 Å². The van der Waals surface area contributed by atoms with E-state index in [0.717, 1.165) is 0 Å². The molecule has 132 valence electrons. The third kappa shape index (κ3) is 5.85. The molecule has 0 saturated carbocycles. The lowest BCUT2D eigenvalue weighted by Crippen LogP contribution is -2.22. The minimum Gasteiger partial charge on any atom is -0.443 e. The summed E-state index contributed by atoms with van der Waals surface area (Å²) in [5.41, 5.74) is -3.61. The second-order valence-electron chi connectivity index (χ2n) is 4.57. The number of halogens is 3. The summed E-state index contributed by atoms with van der Waals surface area (Å²) in [5, 5.41) is 0. The molecule has 1 aromatic rings. The van der Waals surface area contributed by atoms with Gasteiger partial charge in [-0.3, -0.25) is 0 Å². The number of alkyl halides is 3. The molecule has 0 spiro atoms. The number of ether oxygens (including phenoxy) is 3. The molecule has 0 aliphatic rings. The van der Waals surface area contributed by atoms with Crippen molar-refractivity contribution in [1.29, 1.82) is 0 Å². The Balaban J connectivity index is 3.40. The maximum absolute atomic E-state index is 12.3. The summed E-state index contributed by atoms with van der Waals surface area (Å²) in [6, 6.07) is 3.96. The molecule has 0 amide bonds. The molecule has 24 heavy (non-hydrogen) atoms. The van der Waals surface area contributed by atoms with Crippen molar-refractivity contribution in [2.45, 2.75) is 37.5 Å². The summed E-state index contributed by atoms with van der Waals surface area (Å²) >= 11 is 16.9. The second-order valence-corrected chi connectivity index (χ2v) is 6.42. The first-order valence-electron chi connectivity index (χ1n) is 6.81. The minimum atomic E-state index is -0.985. The van der Waals surface area contributed by atoms with E-state index in [1.807, 2.05) is 0 Å². The highest BCUT2D eigenvalue weighted by atomic mass is 35.5. The molecule has 0 saturated heterocycles. The molecule has 1 aromatic carbocycles. The van der Waals surface area contributed by atoms with E-state index in [1.165, 1.54) is 39.0 Å². The number of carbonyl (C=O) groups is 3. The Bertz CT molecular complexity index is 587. The van der Waals surface area contributed by atoms with E-state index < -0.39 is 34.6 Å². The molecular weight excluding hydrogens is 383 g/mol. The molecule has 1 rings (SSSR count). The summed E-state index contributed by atoms with van der Waals surface area (Å²) in [4.78, 5) is 36.6. The monoisotopic (exact) mass is 396 g/mol. The lowest BCUT2D eigenvalue weighted by atomic mass is 10.0. The zero-order valence-electron chi connectivity index (χ0n) is 13.0. The Morgan fingerprint density at radius 1 is 0.750 bits per heavy atom. The largest absolute Gasteiger partial charge is 0.443 e. The Morgan fingerprint density at radius 2 is 1.08 bits per heavy atom. The van der Waals surface area contributed by atoms with Crippen LogP contribution in [0.5, 0.6) is 0 Å². The van der Waals surface area contributed by atoms with Crippen molar-refractivity contribution in [3.63, 3.8) is 0 Å². The molecule has 0 heterocycles. The Hall–Kier alpha value is -1.50. The molecule has 3 atom stereocenters. The van der Waals surface area contributed by atoms with Gasteiger partial charge in [0.05, 0.1) is 16.7 Å². The summed E-state index contributed by atoms with van der Waals surface area (Å²) in [5.74, 6) is -2.79. The number of carbonyl (C=O) groups excluding carboxylic acids is 3. The van der Waals surface area contributed by atoms with Crippen LogP contribution in [0, 0.1) is 0 Å². The van der Waals surface area contributed by atoms with Gasteiger partial charge in [-0.2, -0.15) is 0 Å². The molecule has 0 aromatic heterocycles. The summed E-state index contributed by atoms with van der Waals surface area (Å²) in [6.07, 6.45) is 0. The highest BCUT2D eigenvalue weighted by Crippen LogP contribution is 2.21. The number of rotatable bonds is 6. The van der Waals surface area contributed by atoms with Crippen LogP contribution in [-0.2, 0) is 14.2 Å². The molecule has 9 heteroatoms. The molecule has 0 fully saturated rings. The van der Waals surface area contributed by atoms with E-state index >= 15 is 0 Å². The third-order valence-corrected chi connectivity index (χ3v) is 2.78. The van der Waals surface area contributed by atoms with Crippen LogP contribution < -0.4 is 0 Å². The Kier molecular flexibility index (Phi) is 7.79. The van der Waals surface area contributed by atoms with Gasteiger partial charge in [0.2, 0.25) is 0 Å². The molecule has 3 unspecified atom stereocenters. The molecule has 0 radical (unpaired) electrons. The van der Waals surface area contributed by atoms with Crippen molar-refractivity contribution in [2.24, 2.45) is 0 Å². The van der Waals surface area contributed by atoms with E-state index in [2.05, 4.69) is 0 Å². The minimum absolute atomic E-state index is 0.207. The van der Waals surface area contributed by atoms with Crippen LogP contribution in [0.1, 0.15) is 51.8 Å². The van der Waals surface area contributed by atoms with Gasteiger partial charge in [0.15, 0.2) is 16.7 Å². The van der Waals surface area contributed by atoms with Gasteiger partial charge in [0.1, 0.15) is 0 Å². The van der Waals surface area contributed by atoms with Gasteiger partial charge in [0, 0.05) is 0 Å². The van der Waals surface area contributed by atoms with Gasteiger partial charge in [-0.25, -0.2) is 14.4 Å². The average Bonchev–Trinajstić information content (AvgIpc) is 2.44. The van der Waals surface area contributed by atoms with Crippen molar-refractivity contribution in [1.82, 2.24) is 0 Å². The Labute approximate surface area is 153 Å². The number of hydrogen-bond donors (Lipinski definition) is 0. The molecule has 0 aliphatic heterocycles.